The molecule has 0 saturated carbocycles. The van der Waals surface area contributed by atoms with Crippen molar-refractivity contribution < 1.29 is 19.0 Å². The second-order valence-electron chi connectivity index (χ2n) is 7.22. The number of urea groups is 1. The summed E-state index contributed by atoms with van der Waals surface area (Å²) >= 11 is 0. The van der Waals surface area contributed by atoms with E-state index in [1.165, 1.54) is 0 Å². The molecule has 1 N–H and O–H groups in total. The van der Waals surface area contributed by atoms with Crippen molar-refractivity contribution in [3.05, 3.63) is 54.1 Å². The minimum atomic E-state index is -0.161. The van der Waals surface area contributed by atoms with Gasteiger partial charge in [0, 0.05) is 24.8 Å². The van der Waals surface area contributed by atoms with Crippen LogP contribution in [-0.2, 0) is 4.74 Å². The molecule has 2 amide bonds. The maximum Gasteiger partial charge on any atom is 0.322 e. The van der Waals surface area contributed by atoms with E-state index in [0.29, 0.717) is 30.3 Å². The summed E-state index contributed by atoms with van der Waals surface area (Å²) in [7, 11) is 4.02. The number of nitrogens with zero attached hydrogens (tertiary/aromatic N) is 2. The Kier molecular flexibility index (Phi) is 5.36. The summed E-state index contributed by atoms with van der Waals surface area (Å²) in [5.41, 5.74) is 1.74. The van der Waals surface area contributed by atoms with Crippen molar-refractivity contribution in [2.75, 3.05) is 45.9 Å². The van der Waals surface area contributed by atoms with Gasteiger partial charge in [-0.15, -0.1) is 0 Å². The third-order valence-corrected chi connectivity index (χ3v) is 4.92. The molecule has 7 nitrogen and oxygen atoms in total. The van der Waals surface area contributed by atoms with Crippen molar-refractivity contribution in [2.24, 2.45) is 0 Å². The molecule has 0 radical (unpaired) electrons. The zero-order valence-electron chi connectivity index (χ0n) is 16.1. The van der Waals surface area contributed by atoms with Gasteiger partial charge in [0.15, 0.2) is 11.5 Å². The molecule has 2 atom stereocenters. The molecule has 0 unspecified atom stereocenters. The van der Waals surface area contributed by atoms with Gasteiger partial charge in [0.05, 0.1) is 18.8 Å². The van der Waals surface area contributed by atoms with Crippen molar-refractivity contribution in [3.63, 3.8) is 0 Å². The van der Waals surface area contributed by atoms with Gasteiger partial charge in [0.25, 0.3) is 0 Å². The highest BCUT2D eigenvalue weighted by atomic mass is 16.7. The fourth-order valence-corrected chi connectivity index (χ4v) is 3.69. The van der Waals surface area contributed by atoms with Crippen LogP contribution >= 0.6 is 0 Å². The van der Waals surface area contributed by atoms with E-state index in [-0.39, 0.29) is 25.0 Å². The third kappa shape index (κ3) is 3.90. The molecule has 0 aromatic heterocycles. The molecular formula is C21H25N3O4. The third-order valence-electron chi connectivity index (χ3n) is 4.92. The highest BCUT2D eigenvalue weighted by molar-refractivity contribution is 5.90. The molecule has 28 heavy (non-hydrogen) atoms. The van der Waals surface area contributed by atoms with Gasteiger partial charge in [-0.1, -0.05) is 30.3 Å². The maximum atomic E-state index is 13.2. The molecule has 4 rings (SSSR count). The van der Waals surface area contributed by atoms with Crippen LogP contribution < -0.4 is 14.8 Å². The van der Waals surface area contributed by atoms with Gasteiger partial charge in [-0.25, -0.2) is 4.79 Å². The summed E-state index contributed by atoms with van der Waals surface area (Å²) in [5.74, 6) is 1.34. The van der Waals surface area contributed by atoms with E-state index in [4.69, 9.17) is 14.2 Å². The number of hydrogen-bond acceptors (Lipinski definition) is 5. The Morgan fingerprint density at radius 2 is 1.93 bits per heavy atom. The second kappa shape index (κ2) is 8.08. The van der Waals surface area contributed by atoms with Crippen molar-refractivity contribution in [3.8, 4) is 11.5 Å². The summed E-state index contributed by atoms with van der Waals surface area (Å²) in [6.07, 6.45) is -0.103. The first-order chi connectivity index (χ1) is 13.6. The fourth-order valence-electron chi connectivity index (χ4n) is 3.69. The van der Waals surface area contributed by atoms with Crippen LogP contribution in [0.25, 0.3) is 0 Å². The van der Waals surface area contributed by atoms with Gasteiger partial charge in [-0.05, 0) is 31.8 Å². The van der Waals surface area contributed by atoms with E-state index in [2.05, 4.69) is 10.2 Å². The molecule has 1 fully saturated rings. The van der Waals surface area contributed by atoms with E-state index in [1.54, 1.807) is 12.1 Å². The molecule has 2 aliphatic rings. The number of likely N-dealkylation sites (N-methyl/N-ethyl adjacent to an activating group) is 1. The Hall–Kier alpha value is -2.77. The fraction of sp³-hybridized carbons (Fsp3) is 0.381. The van der Waals surface area contributed by atoms with Gasteiger partial charge < -0.3 is 29.3 Å². The van der Waals surface area contributed by atoms with Crippen LogP contribution in [0, 0.1) is 0 Å². The van der Waals surface area contributed by atoms with Crippen LogP contribution in [0.15, 0.2) is 48.5 Å². The van der Waals surface area contributed by atoms with Crippen molar-refractivity contribution >= 4 is 11.7 Å². The molecule has 2 heterocycles. The predicted molar refractivity (Wildman–Crippen MR) is 106 cm³/mol. The summed E-state index contributed by atoms with van der Waals surface area (Å²) in [4.78, 5) is 17.1. The molecule has 2 aromatic rings. The lowest BCUT2D eigenvalue weighted by molar-refractivity contribution is -0.0622. The van der Waals surface area contributed by atoms with Crippen LogP contribution in [0.4, 0.5) is 10.5 Å². The van der Waals surface area contributed by atoms with Gasteiger partial charge in [-0.3, -0.25) is 0 Å². The largest absolute Gasteiger partial charge is 0.454 e. The van der Waals surface area contributed by atoms with Crippen LogP contribution in [0.3, 0.4) is 0 Å². The van der Waals surface area contributed by atoms with Crippen molar-refractivity contribution in [1.29, 1.82) is 0 Å². The number of nitrogens with one attached hydrogen (secondary N) is 1. The van der Waals surface area contributed by atoms with Crippen LogP contribution in [0.5, 0.6) is 11.5 Å². The SMILES string of the molecule is CN(C)C[C@@H]1OCCN(C(=O)Nc2ccc3c(c2)OCO3)[C@H]1c1ccccc1. The first-order valence-electron chi connectivity index (χ1n) is 9.40. The van der Waals surface area contributed by atoms with E-state index in [9.17, 15) is 4.79 Å². The molecule has 148 valence electrons. The Bertz CT molecular complexity index is 828. The number of carbonyl (C=O) groups is 1. The molecule has 0 spiro atoms. The van der Waals surface area contributed by atoms with Gasteiger partial charge in [0.1, 0.15) is 0 Å². The molecular weight excluding hydrogens is 358 g/mol. The summed E-state index contributed by atoms with van der Waals surface area (Å²) in [6, 6.07) is 15.1. The number of rotatable bonds is 4. The Morgan fingerprint density at radius 1 is 1.14 bits per heavy atom. The molecule has 7 heteroatoms. The number of fused-ring (bicyclic) bond motifs is 1. The highest BCUT2D eigenvalue weighted by Gasteiger charge is 2.36. The van der Waals surface area contributed by atoms with Crippen LogP contribution in [0.1, 0.15) is 11.6 Å². The molecule has 2 aromatic carbocycles. The van der Waals surface area contributed by atoms with E-state index < -0.39 is 0 Å². The molecule has 1 saturated heterocycles. The number of amides is 2. The second-order valence-corrected chi connectivity index (χ2v) is 7.22. The number of benzene rings is 2. The number of ether oxygens (including phenoxy) is 3. The van der Waals surface area contributed by atoms with Crippen molar-refractivity contribution in [1.82, 2.24) is 9.80 Å². The van der Waals surface area contributed by atoms with E-state index >= 15 is 0 Å². The van der Waals surface area contributed by atoms with Crippen molar-refractivity contribution in [2.45, 2.75) is 12.1 Å². The lowest BCUT2D eigenvalue weighted by Gasteiger charge is -2.42. The Labute approximate surface area is 164 Å². The molecule has 2 aliphatic heterocycles. The van der Waals surface area contributed by atoms with Gasteiger partial charge >= 0.3 is 6.03 Å². The molecule has 0 bridgehead atoms. The predicted octanol–water partition coefficient (Wildman–Crippen LogP) is 2.95. The minimum Gasteiger partial charge on any atom is -0.454 e. The number of anilines is 1. The normalized spacial score (nSPS) is 21.0. The van der Waals surface area contributed by atoms with Crippen LogP contribution in [0.2, 0.25) is 0 Å². The average Bonchev–Trinajstić information content (AvgIpc) is 3.16. The number of carbonyl (C=O) groups excluding carboxylic acids is 1. The number of hydrogen-bond donors (Lipinski definition) is 1. The lowest BCUT2D eigenvalue weighted by atomic mass is 9.98. The smallest absolute Gasteiger partial charge is 0.322 e. The topological polar surface area (TPSA) is 63.3 Å². The highest BCUT2D eigenvalue weighted by Crippen LogP contribution is 2.35. The maximum absolute atomic E-state index is 13.2. The first-order valence-corrected chi connectivity index (χ1v) is 9.40. The standard InChI is InChI=1S/C21H25N3O4/c1-23(2)13-19-20(15-6-4-3-5-7-15)24(10-11-26-19)21(25)22-16-8-9-17-18(12-16)28-14-27-17/h3-9,12,19-20H,10-11,13-14H2,1-2H3,(H,22,25)/t19-,20-/m0/s1. The van der Waals surface area contributed by atoms with Gasteiger partial charge in [0.2, 0.25) is 6.79 Å². The first kappa shape index (κ1) is 18.6. The average molecular weight is 383 g/mol. The van der Waals surface area contributed by atoms with Gasteiger partial charge in [-0.2, -0.15) is 0 Å². The zero-order valence-corrected chi connectivity index (χ0v) is 16.1. The Morgan fingerprint density at radius 3 is 2.71 bits per heavy atom. The molecule has 0 aliphatic carbocycles. The minimum absolute atomic E-state index is 0.103. The Balaban J connectivity index is 1.57. The quantitative estimate of drug-likeness (QED) is 0.880. The zero-order chi connectivity index (χ0) is 19.5. The summed E-state index contributed by atoms with van der Waals surface area (Å²) in [6.45, 7) is 1.97. The van der Waals surface area contributed by atoms with E-state index in [0.717, 1.165) is 12.1 Å². The summed E-state index contributed by atoms with van der Waals surface area (Å²) in [5, 5.41) is 3.00. The van der Waals surface area contributed by atoms with E-state index in [1.807, 2.05) is 55.4 Å². The number of morpholine rings is 1. The lowest BCUT2D eigenvalue weighted by Crippen LogP contribution is -2.52. The van der Waals surface area contributed by atoms with Crippen LogP contribution in [-0.4, -0.2) is 62.5 Å². The monoisotopic (exact) mass is 383 g/mol. The summed E-state index contributed by atoms with van der Waals surface area (Å²) < 4.78 is 16.8.